The second-order valence-corrected chi connectivity index (χ2v) is 6.27. The second kappa shape index (κ2) is 7.05. The van der Waals surface area contributed by atoms with E-state index in [-0.39, 0.29) is 11.6 Å². The van der Waals surface area contributed by atoms with Crippen molar-refractivity contribution < 1.29 is 19.1 Å². The molecular weight excluding hydrogens is 318 g/mol. The van der Waals surface area contributed by atoms with Crippen LogP contribution in [0.2, 0.25) is 0 Å². The molecule has 2 atom stereocenters. The zero-order valence-corrected chi connectivity index (χ0v) is 14.6. The van der Waals surface area contributed by atoms with Crippen LogP contribution in [-0.2, 0) is 16.0 Å². The van der Waals surface area contributed by atoms with Crippen LogP contribution in [0.1, 0.15) is 18.9 Å². The number of ether oxygens (including phenoxy) is 2. The van der Waals surface area contributed by atoms with Crippen molar-refractivity contribution in [2.24, 2.45) is 10.9 Å². The van der Waals surface area contributed by atoms with Gasteiger partial charge < -0.3 is 9.47 Å². The summed E-state index contributed by atoms with van der Waals surface area (Å²) in [4.78, 5) is 29.3. The molecule has 0 radical (unpaired) electrons. The van der Waals surface area contributed by atoms with Crippen molar-refractivity contribution in [3.63, 3.8) is 0 Å². The number of hydrogen-bond acceptors (Lipinski definition) is 5. The molecule has 1 aliphatic carbocycles. The first-order chi connectivity index (χ1) is 12.0. The first-order valence-electron chi connectivity index (χ1n) is 8.24. The zero-order chi connectivity index (χ0) is 18.0. The van der Waals surface area contributed by atoms with Crippen LogP contribution in [0.15, 0.2) is 46.5 Å². The highest BCUT2D eigenvalue weighted by atomic mass is 16.5. The normalized spacial score (nSPS) is 22.2. The molecule has 0 spiro atoms. The third-order valence-electron chi connectivity index (χ3n) is 4.60. The molecule has 2 unspecified atom stereocenters. The van der Waals surface area contributed by atoms with Crippen LogP contribution in [0.4, 0.5) is 0 Å². The van der Waals surface area contributed by atoms with Gasteiger partial charge in [-0.2, -0.15) is 0 Å². The van der Waals surface area contributed by atoms with E-state index in [2.05, 4.69) is 4.99 Å². The van der Waals surface area contributed by atoms with Gasteiger partial charge in [0.2, 0.25) is 0 Å². The van der Waals surface area contributed by atoms with Crippen LogP contribution in [0.3, 0.4) is 0 Å². The molecule has 0 saturated heterocycles. The lowest BCUT2D eigenvalue weighted by atomic mass is 9.79. The highest BCUT2D eigenvalue weighted by Crippen LogP contribution is 2.30. The summed E-state index contributed by atoms with van der Waals surface area (Å²) in [6, 6.07) is 4.95. The van der Waals surface area contributed by atoms with Crippen molar-refractivity contribution in [3.05, 3.63) is 47.1 Å². The minimum Gasteiger partial charge on any atom is -0.497 e. The van der Waals surface area contributed by atoms with E-state index in [0.29, 0.717) is 18.4 Å². The van der Waals surface area contributed by atoms with Gasteiger partial charge in [0.05, 0.1) is 20.1 Å². The number of ketones is 2. The van der Waals surface area contributed by atoms with E-state index in [1.54, 1.807) is 20.4 Å². The maximum Gasteiger partial charge on any atom is 0.184 e. The summed E-state index contributed by atoms with van der Waals surface area (Å²) in [5, 5.41) is 0. The Hall–Kier alpha value is -2.69. The Balaban J connectivity index is 1.80. The van der Waals surface area contributed by atoms with E-state index >= 15 is 0 Å². The van der Waals surface area contributed by atoms with Gasteiger partial charge in [0.15, 0.2) is 11.6 Å². The standard InChI is InChI=1S/C20H21NO4/c1-12-8-16-17(22)10-14(20(23)19(16)21-11-12)5-4-13-9-15(24-2)6-7-18(13)25-3/h6-11,16,19H,4-5H2,1-3H3. The number of carbonyl (C=O) groups is 2. The number of aryl methyl sites for hydroxylation is 1. The lowest BCUT2D eigenvalue weighted by Crippen LogP contribution is -2.39. The van der Waals surface area contributed by atoms with Crippen molar-refractivity contribution in [1.82, 2.24) is 0 Å². The average Bonchev–Trinajstić information content (AvgIpc) is 2.63. The molecule has 3 rings (SSSR count). The van der Waals surface area contributed by atoms with E-state index in [4.69, 9.17) is 9.47 Å². The summed E-state index contributed by atoms with van der Waals surface area (Å²) in [5.41, 5.74) is 2.38. The van der Waals surface area contributed by atoms with Gasteiger partial charge in [-0.25, -0.2) is 0 Å². The number of rotatable bonds is 5. The number of allylic oxidation sites excluding steroid dienone is 2. The van der Waals surface area contributed by atoms with Crippen molar-refractivity contribution in [2.75, 3.05) is 14.2 Å². The summed E-state index contributed by atoms with van der Waals surface area (Å²) in [5.74, 6) is 0.906. The van der Waals surface area contributed by atoms with Crippen LogP contribution in [0.5, 0.6) is 11.5 Å². The second-order valence-electron chi connectivity index (χ2n) is 6.27. The molecule has 130 valence electrons. The first-order valence-corrected chi connectivity index (χ1v) is 8.24. The fraction of sp³-hybridized carbons (Fsp3) is 0.350. The number of benzene rings is 1. The number of dihydropyridines is 1. The molecule has 5 nitrogen and oxygen atoms in total. The molecule has 1 aromatic rings. The molecule has 1 aromatic carbocycles. The SMILES string of the molecule is COc1ccc(OC)c(CCC2=CC(=O)C3C=C(C)C=NC3C2=O)c1. The Morgan fingerprint density at radius 3 is 2.64 bits per heavy atom. The topological polar surface area (TPSA) is 65.0 Å². The third kappa shape index (κ3) is 3.40. The van der Waals surface area contributed by atoms with Crippen molar-refractivity contribution in [1.29, 1.82) is 0 Å². The number of fused-ring (bicyclic) bond motifs is 1. The van der Waals surface area contributed by atoms with Gasteiger partial charge >= 0.3 is 0 Å². The maximum atomic E-state index is 12.7. The summed E-state index contributed by atoms with van der Waals surface area (Å²) in [7, 11) is 3.21. The fourth-order valence-electron chi connectivity index (χ4n) is 3.25. The lowest BCUT2D eigenvalue weighted by Gasteiger charge is -2.27. The van der Waals surface area contributed by atoms with Gasteiger partial charge in [0, 0.05) is 11.8 Å². The highest BCUT2D eigenvalue weighted by Gasteiger charge is 2.38. The van der Waals surface area contributed by atoms with Crippen molar-refractivity contribution >= 4 is 17.8 Å². The van der Waals surface area contributed by atoms with Gasteiger partial charge in [0.25, 0.3) is 0 Å². The highest BCUT2D eigenvalue weighted by molar-refractivity contribution is 6.14. The summed E-state index contributed by atoms with van der Waals surface area (Å²) in [6.07, 6.45) is 6.04. The average molecular weight is 339 g/mol. The molecule has 2 aliphatic rings. The van der Waals surface area contributed by atoms with Gasteiger partial charge in [-0.3, -0.25) is 14.6 Å². The first kappa shape index (κ1) is 17.1. The van der Waals surface area contributed by atoms with E-state index < -0.39 is 12.0 Å². The van der Waals surface area contributed by atoms with Crippen molar-refractivity contribution in [3.8, 4) is 11.5 Å². The Morgan fingerprint density at radius 1 is 1.12 bits per heavy atom. The Bertz CT molecular complexity index is 804. The van der Waals surface area contributed by atoms with Gasteiger partial charge in [-0.1, -0.05) is 6.08 Å². The zero-order valence-electron chi connectivity index (χ0n) is 14.6. The molecule has 0 N–H and O–H groups in total. The number of aliphatic imine (C=N–C) groups is 1. The number of nitrogens with zero attached hydrogens (tertiary/aromatic N) is 1. The maximum absolute atomic E-state index is 12.7. The Morgan fingerprint density at radius 2 is 1.92 bits per heavy atom. The number of Topliss-reactive ketones (excluding diaryl/α,β-unsaturated/α-hetero) is 1. The lowest BCUT2D eigenvalue weighted by molar-refractivity contribution is -0.125. The monoisotopic (exact) mass is 339 g/mol. The smallest absolute Gasteiger partial charge is 0.184 e. The van der Waals surface area contributed by atoms with Gasteiger partial charge in [-0.05, 0) is 55.2 Å². The summed E-state index contributed by atoms with van der Waals surface area (Å²) < 4.78 is 10.6. The number of methoxy groups -OCH3 is 2. The largest absolute Gasteiger partial charge is 0.497 e. The summed E-state index contributed by atoms with van der Waals surface area (Å²) in [6.45, 7) is 1.88. The fourth-order valence-corrected chi connectivity index (χ4v) is 3.25. The molecule has 25 heavy (non-hydrogen) atoms. The predicted molar refractivity (Wildman–Crippen MR) is 95.5 cm³/mol. The molecule has 5 heteroatoms. The number of carbonyl (C=O) groups excluding carboxylic acids is 2. The minimum absolute atomic E-state index is 0.0478. The van der Waals surface area contributed by atoms with Crippen LogP contribution in [0, 0.1) is 5.92 Å². The molecule has 0 amide bonds. The van der Waals surface area contributed by atoms with E-state index in [1.165, 1.54) is 6.08 Å². The van der Waals surface area contributed by atoms with E-state index in [0.717, 1.165) is 22.6 Å². The van der Waals surface area contributed by atoms with Gasteiger partial charge in [0.1, 0.15) is 17.5 Å². The molecule has 0 bridgehead atoms. The Labute approximate surface area is 147 Å². The molecule has 1 heterocycles. The quantitative estimate of drug-likeness (QED) is 0.827. The molecule has 0 fully saturated rings. The summed E-state index contributed by atoms with van der Waals surface area (Å²) >= 11 is 0. The van der Waals surface area contributed by atoms with E-state index in [9.17, 15) is 9.59 Å². The molecule has 1 aliphatic heterocycles. The minimum atomic E-state index is -0.608. The van der Waals surface area contributed by atoms with Crippen LogP contribution in [-0.4, -0.2) is 38.0 Å². The predicted octanol–water partition coefficient (Wildman–Crippen LogP) is 2.73. The Kier molecular flexibility index (Phi) is 4.83. The molecular formula is C20H21NO4. The van der Waals surface area contributed by atoms with Crippen LogP contribution in [0.25, 0.3) is 0 Å². The molecule has 0 saturated carbocycles. The van der Waals surface area contributed by atoms with Crippen LogP contribution >= 0.6 is 0 Å². The van der Waals surface area contributed by atoms with Crippen molar-refractivity contribution in [2.45, 2.75) is 25.8 Å². The number of hydrogen-bond donors (Lipinski definition) is 0. The van der Waals surface area contributed by atoms with E-state index in [1.807, 2.05) is 31.2 Å². The third-order valence-corrected chi connectivity index (χ3v) is 4.60. The van der Waals surface area contributed by atoms with Crippen LogP contribution < -0.4 is 9.47 Å². The molecule has 0 aromatic heterocycles. The van der Waals surface area contributed by atoms with Gasteiger partial charge in [-0.15, -0.1) is 0 Å².